The first-order valence-corrected chi connectivity index (χ1v) is 9.59. The average Bonchev–Trinajstić information content (AvgIpc) is 3.32. The molecule has 7 nitrogen and oxygen atoms in total. The van der Waals surface area contributed by atoms with E-state index in [1.54, 1.807) is 12.3 Å². The molecule has 0 radical (unpaired) electrons. The van der Waals surface area contributed by atoms with Crippen molar-refractivity contribution in [3.8, 4) is 11.6 Å². The number of carbonyl (C=O) groups is 1. The van der Waals surface area contributed by atoms with Gasteiger partial charge in [-0.15, -0.1) is 0 Å². The van der Waals surface area contributed by atoms with Crippen molar-refractivity contribution in [2.45, 2.75) is 37.6 Å². The third kappa shape index (κ3) is 2.97. The number of nitrogens with zero attached hydrogens (tertiary/aromatic N) is 4. The first-order valence-electron chi connectivity index (χ1n) is 9.22. The number of rotatable bonds is 2. The van der Waals surface area contributed by atoms with Crippen molar-refractivity contribution in [2.24, 2.45) is 0 Å². The van der Waals surface area contributed by atoms with Gasteiger partial charge in [-0.25, -0.2) is 4.98 Å². The second-order valence-electron chi connectivity index (χ2n) is 7.28. The highest BCUT2D eigenvalue weighted by atomic mass is 35.5. The van der Waals surface area contributed by atoms with Gasteiger partial charge in [-0.2, -0.15) is 9.37 Å². The normalized spacial score (nSPS) is 21.9. The van der Waals surface area contributed by atoms with Crippen LogP contribution in [0.1, 0.15) is 46.9 Å². The Hall–Kier alpha value is -2.74. The molecule has 5 heterocycles. The van der Waals surface area contributed by atoms with Gasteiger partial charge in [0, 0.05) is 30.9 Å². The lowest BCUT2D eigenvalue weighted by atomic mass is 9.90. The molecule has 0 saturated carbocycles. The summed E-state index contributed by atoms with van der Waals surface area (Å²) in [7, 11) is 0. The van der Waals surface area contributed by atoms with Gasteiger partial charge >= 0.3 is 0 Å². The predicted octanol–water partition coefficient (Wildman–Crippen LogP) is 3.59. The molecule has 1 saturated heterocycles. The fourth-order valence-electron chi connectivity index (χ4n) is 4.13. The van der Waals surface area contributed by atoms with Gasteiger partial charge in [-0.3, -0.25) is 4.79 Å². The highest BCUT2D eigenvalue weighted by molar-refractivity contribution is 6.30. The molecule has 1 fully saturated rings. The Morgan fingerprint density at radius 2 is 2.18 bits per heavy atom. The summed E-state index contributed by atoms with van der Waals surface area (Å²) in [5, 5.41) is 4.68. The number of hydrogen-bond donors (Lipinski definition) is 1. The van der Waals surface area contributed by atoms with Crippen LogP contribution in [0.2, 0.25) is 5.02 Å². The van der Waals surface area contributed by atoms with Crippen molar-refractivity contribution in [1.29, 1.82) is 0 Å². The third-order valence-electron chi connectivity index (χ3n) is 5.59. The van der Waals surface area contributed by atoms with Crippen molar-refractivity contribution < 1.29 is 13.7 Å². The number of aryl methyl sites for hydroxylation is 1. The molecule has 2 aliphatic heterocycles. The lowest BCUT2D eigenvalue weighted by Crippen LogP contribution is -2.45. The fourth-order valence-corrected chi connectivity index (χ4v) is 4.30. The second kappa shape index (κ2) is 6.70. The zero-order valence-corrected chi connectivity index (χ0v) is 15.6. The van der Waals surface area contributed by atoms with Gasteiger partial charge in [0.2, 0.25) is 5.95 Å². The molecule has 0 spiro atoms. The lowest BCUT2D eigenvalue weighted by molar-refractivity contribution is 0.0582. The van der Waals surface area contributed by atoms with Gasteiger partial charge in [0.05, 0.1) is 10.6 Å². The van der Waals surface area contributed by atoms with Gasteiger partial charge in [0.1, 0.15) is 5.69 Å². The predicted molar refractivity (Wildman–Crippen MR) is 98.4 cm³/mol. The Bertz CT molecular complexity index is 1050. The molecule has 5 rings (SSSR count). The van der Waals surface area contributed by atoms with Crippen molar-refractivity contribution in [1.82, 2.24) is 25.0 Å². The van der Waals surface area contributed by atoms with Crippen molar-refractivity contribution >= 4 is 17.5 Å². The van der Waals surface area contributed by atoms with Crippen molar-refractivity contribution in [3.63, 3.8) is 0 Å². The summed E-state index contributed by atoms with van der Waals surface area (Å²) in [5.74, 6) is 0.283. The number of hydrogen-bond acceptors (Lipinski definition) is 5. The topological polar surface area (TPSA) is 87.9 Å². The molecule has 144 valence electrons. The molecule has 9 heteroatoms. The molecule has 0 bridgehead atoms. The maximum Gasteiger partial charge on any atom is 0.274 e. The van der Waals surface area contributed by atoms with E-state index in [9.17, 15) is 9.18 Å². The third-order valence-corrected chi connectivity index (χ3v) is 5.80. The van der Waals surface area contributed by atoms with E-state index in [0.717, 1.165) is 24.8 Å². The summed E-state index contributed by atoms with van der Waals surface area (Å²) < 4.78 is 18.8. The maximum absolute atomic E-state index is 13.5. The van der Waals surface area contributed by atoms with E-state index in [0.29, 0.717) is 41.0 Å². The highest BCUT2D eigenvalue weighted by Crippen LogP contribution is 2.35. The Labute approximate surface area is 164 Å². The summed E-state index contributed by atoms with van der Waals surface area (Å²) in [4.78, 5) is 26.1. The van der Waals surface area contributed by atoms with Gasteiger partial charge in [-0.05, 0) is 43.4 Å². The van der Waals surface area contributed by atoms with Crippen LogP contribution in [-0.2, 0) is 6.42 Å². The minimum absolute atomic E-state index is 0.0157. The molecular weight excluding hydrogens is 385 g/mol. The fraction of sp³-hybridized carbons (Fsp3) is 0.368. The molecule has 2 atom stereocenters. The Morgan fingerprint density at radius 3 is 3.00 bits per heavy atom. The van der Waals surface area contributed by atoms with Crippen LogP contribution in [-0.4, -0.2) is 43.5 Å². The van der Waals surface area contributed by atoms with Crippen LogP contribution in [0.25, 0.3) is 11.6 Å². The van der Waals surface area contributed by atoms with Crippen LogP contribution in [0.5, 0.6) is 0 Å². The number of piperidine rings is 1. The van der Waals surface area contributed by atoms with E-state index in [1.165, 1.54) is 12.3 Å². The minimum Gasteiger partial charge on any atom is -0.356 e. The number of amides is 1. The van der Waals surface area contributed by atoms with Crippen molar-refractivity contribution in [3.05, 3.63) is 52.4 Å². The SMILES string of the molecule is O=C1c2cnc(F)cc2CC[C@@H]2CC[C@H](c3noc(-c4cc(Cl)c[nH]4)n3)CN12. The quantitative estimate of drug-likeness (QED) is 0.663. The number of carbonyl (C=O) groups excluding carboxylic acids is 1. The first-order chi connectivity index (χ1) is 13.6. The van der Waals surface area contributed by atoms with Crippen LogP contribution in [0.15, 0.2) is 29.0 Å². The largest absolute Gasteiger partial charge is 0.356 e. The summed E-state index contributed by atoms with van der Waals surface area (Å²) >= 11 is 5.93. The van der Waals surface area contributed by atoms with E-state index in [-0.39, 0.29) is 17.9 Å². The summed E-state index contributed by atoms with van der Waals surface area (Å²) in [6, 6.07) is 3.22. The number of H-pyrrole nitrogens is 1. The Morgan fingerprint density at radius 1 is 1.29 bits per heavy atom. The summed E-state index contributed by atoms with van der Waals surface area (Å²) in [5.41, 5.74) is 1.87. The average molecular weight is 402 g/mol. The van der Waals surface area contributed by atoms with Gasteiger partial charge in [-0.1, -0.05) is 16.8 Å². The van der Waals surface area contributed by atoms with E-state index in [2.05, 4.69) is 20.1 Å². The van der Waals surface area contributed by atoms with E-state index in [1.807, 2.05) is 4.90 Å². The smallest absolute Gasteiger partial charge is 0.274 e. The lowest BCUT2D eigenvalue weighted by Gasteiger charge is -2.37. The molecule has 2 aliphatic rings. The molecule has 0 aliphatic carbocycles. The number of aromatic nitrogens is 4. The monoisotopic (exact) mass is 401 g/mol. The van der Waals surface area contributed by atoms with Gasteiger partial charge < -0.3 is 14.4 Å². The highest BCUT2D eigenvalue weighted by Gasteiger charge is 2.37. The zero-order chi connectivity index (χ0) is 19.3. The summed E-state index contributed by atoms with van der Waals surface area (Å²) in [6.07, 6.45) is 6.19. The number of fused-ring (bicyclic) bond motifs is 2. The molecule has 0 unspecified atom stereocenters. The number of pyridine rings is 1. The molecule has 3 aromatic rings. The van der Waals surface area contributed by atoms with E-state index >= 15 is 0 Å². The number of aromatic amines is 1. The standard InChI is InChI=1S/C19H17ClFN5O2/c20-12-6-15(22-7-12)18-24-17(25-28-18)11-2-4-13-3-1-10-5-16(21)23-8-14(10)19(27)26(13)9-11/h5-8,11,13,22H,1-4,9H2/t11-,13+/m0/s1. The van der Waals surface area contributed by atoms with Crippen LogP contribution in [0.3, 0.4) is 0 Å². The van der Waals surface area contributed by atoms with Gasteiger partial charge in [0.25, 0.3) is 11.8 Å². The Kier molecular flexibility index (Phi) is 4.16. The van der Waals surface area contributed by atoms with E-state index < -0.39 is 5.95 Å². The Balaban J connectivity index is 1.40. The zero-order valence-electron chi connectivity index (χ0n) is 14.9. The minimum atomic E-state index is -0.548. The van der Waals surface area contributed by atoms with Crippen molar-refractivity contribution in [2.75, 3.05) is 6.54 Å². The van der Waals surface area contributed by atoms with Crippen LogP contribution in [0, 0.1) is 5.95 Å². The molecule has 1 amide bonds. The van der Waals surface area contributed by atoms with Crippen LogP contribution in [0.4, 0.5) is 4.39 Å². The second-order valence-corrected chi connectivity index (χ2v) is 7.71. The molecule has 1 N–H and O–H groups in total. The first kappa shape index (κ1) is 17.4. The molecular formula is C19H17ClFN5O2. The molecule has 0 aromatic carbocycles. The van der Waals surface area contributed by atoms with Crippen LogP contribution < -0.4 is 0 Å². The molecule has 3 aromatic heterocycles. The maximum atomic E-state index is 13.5. The van der Waals surface area contributed by atoms with Crippen LogP contribution >= 0.6 is 11.6 Å². The number of halogens is 2. The number of nitrogens with one attached hydrogen (secondary N) is 1. The van der Waals surface area contributed by atoms with Gasteiger partial charge in [0.15, 0.2) is 5.82 Å². The summed E-state index contributed by atoms with van der Waals surface area (Å²) in [6.45, 7) is 0.505. The van der Waals surface area contributed by atoms with E-state index in [4.69, 9.17) is 16.1 Å². The molecule has 28 heavy (non-hydrogen) atoms.